The molecule has 7 aromatic carbocycles. The minimum absolute atomic E-state index is 1.03. The lowest BCUT2D eigenvalue weighted by atomic mass is 10.0. The van der Waals surface area contributed by atoms with Gasteiger partial charge < -0.3 is 9.47 Å². The third kappa shape index (κ3) is 4.61. The molecule has 49 heavy (non-hydrogen) atoms. The van der Waals surface area contributed by atoms with E-state index in [1.54, 1.807) is 0 Å². The van der Waals surface area contributed by atoms with Crippen molar-refractivity contribution in [3.8, 4) is 16.8 Å². The van der Waals surface area contributed by atoms with E-state index in [4.69, 9.17) is 0 Å². The summed E-state index contributed by atoms with van der Waals surface area (Å²) in [6, 6.07) is 61.4. The van der Waals surface area contributed by atoms with Crippen LogP contribution < -0.4 is 4.90 Å². The van der Waals surface area contributed by atoms with Gasteiger partial charge in [-0.25, -0.2) is 0 Å². The number of fused-ring (bicyclic) bond motifs is 7. The lowest BCUT2D eigenvalue weighted by Crippen LogP contribution is -2.10. The van der Waals surface area contributed by atoms with Crippen molar-refractivity contribution in [2.45, 2.75) is 0 Å². The molecule has 3 aromatic heterocycles. The van der Waals surface area contributed by atoms with Crippen LogP contribution in [0.5, 0.6) is 0 Å². The van der Waals surface area contributed by atoms with Gasteiger partial charge in [-0.05, 0) is 83.9 Å². The van der Waals surface area contributed by atoms with Crippen LogP contribution in [-0.4, -0.2) is 9.55 Å². The number of hydrogen-bond acceptors (Lipinski definition) is 3. The van der Waals surface area contributed by atoms with Crippen LogP contribution >= 0.6 is 11.3 Å². The Morgan fingerprint density at radius 1 is 0.449 bits per heavy atom. The normalized spacial score (nSPS) is 11.7. The molecular formula is C45H29N3S. The van der Waals surface area contributed by atoms with Crippen LogP contribution in [0, 0.1) is 0 Å². The fraction of sp³-hybridized carbons (Fsp3) is 0. The van der Waals surface area contributed by atoms with Gasteiger partial charge in [-0.1, -0.05) is 97.1 Å². The van der Waals surface area contributed by atoms with Crippen molar-refractivity contribution in [1.29, 1.82) is 0 Å². The first kappa shape index (κ1) is 27.8. The molecule has 0 saturated carbocycles. The predicted molar refractivity (Wildman–Crippen MR) is 209 cm³/mol. The van der Waals surface area contributed by atoms with Crippen molar-refractivity contribution < 1.29 is 0 Å². The van der Waals surface area contributed by atoms with Gasteiger partial charge in [0.2, 0.25) is 0 Å². The molecule has 10 aromatic rings. The molecule has 0 aliphatic heterocycles. The maximum atomic E-state index is 4.62. The number of thiophene rings is 1. The topological polar surface area (TPSA) is 21.1 Å². The largest absolute Gasteiger partial charge is 0.310 e. The van der Waals surface area contributed by atoms with Gasteiger partial charge in [-0.3, -0.25) is 4.98 Å². The Kier molecular flexibility index (Phi) is 6.36. The molecule has 4 heteroatoms. The molecule has 0 saturated heterocycles. The Bertz CT molecular complexity index is 2820. The number of aromatic nitrogens is 2. The Morgan fingerprint density at radius 3 is 1.94 bits per heavy atom. The molecule has 3 nitrogen and oxygen atoms in total. The number of rotatable bonds is 5. The summed E-state index contributed by atoms with van der Waals surface area (Å²) in [4.78, 5) is 7.01. The van der Waals surface area contributed by atoms with Crippen molar-refractivity contribution in [3.63, 3.8) is 0 Å². The van der Waals surface area contributed by atoms with Crippen molar-refractivity contribution in [2.75, 3.05) is 4.90 Å². The summed E-state index contributed by atoms with van der Waals surface area (Å²) in [5, 5.41) is 6.21. The van der Waals surface area contributed by atoms with Crippen molar-refractivity contribution >= 4 is 81.3 Å². The first-order valence-electron chi connectivity index (χ1n) is 16.5. The lowest BCUT2D eigenvalue weighted by Gasteiger charge is -2.26. The van der Waals surface area contributed by atoms with E-state index in [1.165, 1.54) is 58.5 Å². The van der Waals surface area contributed by atoms with E-state index in [0.717, 1.165) is 28.3 Å². The SMILES string of the molecule is c1ccc(-c2ccc(N(c3ccc4c(c3)sc3cc5ncccc5cc34)c3ccc4c5ccccc5n(-c5ccccc5)c4c3)cc2)cc1. The van der Waals surface area contributed by atoms with Crippen LogP contribution in [0.3, 0.4) is 0 Å². The van der Waals surface area contributed by atoms with Gasteiger partial charge in [0.15, 0.2) is 0 Å². The molecule has 0 N–H and O–H groups in total. The summed E-state index contributed by atoms with van der Waals surface area (Å²) >= 11 is 1.83. The van der Waals surface area contributed by atoms with E-state index in [1.807, 2.05) is 23.6 Å². The second kappa shape index (κ2) is 11.2. The maximum Gasteiger partial charge on any atom is 0.0716 e. The molecule has 0 radical (unpaired) electrons. The first-order chi connectivity index (χ1) is 24.3. The molecule has 0 amide bonds. The van der Waals surface area contributed by atoms with E-state index >= 15 is 0 Å². The fourth-order valence-corrected chi connectivity index (χ4v) is 8.46. The van der Waals surface area contributed by atoms with Crippen LogP contribution in [0.25, 0.3) is 69.7 Å². The average molecular weight is 644 g/mol. The second-order valence-corrected chi connectivity index (χ2v) is 13.5. The molecule has 0 fully saturated rings. The molecule has 0 aliphatic rings. The summed E-state index contributed by atoms with van der Waals surface area (Å²) in [6.45, 7) is 0. The zero-order valence-electron chi connectivity index (χ0n) is 26.5. The van der Waals surface area contributed by atoms with E-state index in [-0.39, 0.29) is 0 Å². The zero-order valence-corrected chi connectivity index (χ0v) is 27.3. The smallest absolute Gasteiger partial charge is 0.0716 e. The number of anilines is 3. The summed E-state index contributed by atoms with van der Waals surface area (Å²) < 4.78 is 4.90. The Morgan fingerprint density at radius 2 is 1.10 bits per heavy atom. The number of nitrogens with zero attached hydrogens (tertiary/aromatic N) is 3. The molecule has 3 heterocycles. The highest BCUT2D eigenvalue weighted by molar-refractivity contribution is 7.25. The van der Waals surface area contributed by atoms with Gasteiger partial charge in [-0.2, -0.15) is 0 Å². The number of pyridine rings is 1. The highest BCUT2D eigenvalue weighted by atomic mass is 32.1. The molecule has 0 atom stereocenters. The van der Waals surface area contributed by atoms with Crippen molar-refractivity contribution in [2.24, 2.45) is 0 Å². The fourth-order valence-electron chi connectivity index (χ4n) is 7.31. The Labute approximate surface area is 287 Å². The Hall–Kier alpha value is -6.23. The monoisotopic (exact) mass is 643 g/mol. The number of benzene rings is 7. The van der Waals surface area contributed by atoms with Crippen LogP contribution in [-0.2, 0) is 0 Å². The van der Waals surface area contributed by atoms with E-state index < -0.39 is 0 Å². The van der Waals surface area contributed by atoms with E-state index in [2.05, 4.69) is 178 Å². The second-order valence-electron chi connectivity index (χ2n) is 12.5. The van der Waals surface area contributed by atoms with Crippen LogP contribution in [0.2, 0.25) is 0 Å². The number of para-hydroxylation sites is 2. The van der Waals surface area contributed by atoms with Gasteiger partial charge >= 0.3 is 0 Å². The predicted octanol–water partition coefficient (Wildman–Crippen LogP) is 12.8. The number of hydrogen-bond donors (Lipinski definition) is 0. The highest BCUT2D eigenvalue weighted by Gasteiger charge is 2.19. The molecule has 0 unspecified atom stereocenters. The van der Waals surface area contributed by atoms with E-state index in [9.17, 15) is 0 Å². The maximum absolute atomic E-state index is 4.62. The summed E-state index contributed by atoms with van der Waals surface area (Å²) in [5.41, 5.74) is 10.3. The minimum Gasteiger partial charge on any atom is -0.310 e. The molecule has 10 rings (SSSR count). The molecule has 0 bridgehead atoms. The zero-order chi connectivity index (χ0) is 32.3. The van der Waals surface area contributed by atoms with Gasteiger partial charge in [-0.15, -0.1) is 11.3 Å². The third-order valence-corrected chi connectivity index (χ3v) is 10.7. The summed E-state index contributed by atoms with van der Waals surface area (Å²) in [6.07, 6.45) is 1.87. The minimum atomic E-state index is 1.03. The van der Waals surface area contributed by atoms with Gasteiger partial charge in [0.05, 0.1) is 16.6 Å². The van der Waals surface area contributed by atoms with Crippen molar-refractivity contribution in [3.05, 3.63) is 176 Å². The van der Waals surface area contributed by atoms with Crippen LogP contribution in [0.1, 0.15) is 0 Å². The van der Waals surface area contributed by atoms with Gasteiger partial charge in [0.25, 0.3) is 0 Å². The average Bonchev–Trinajstić information content (AvgIpc) is 3.69. The quantitative estimate of drug-likeness (QED) is 0.186. The van der Waals surface area contributed by atoms with E-state index in [0.29, 0.717) is 0 Å². The summed E-state index contributed by atoms with van der Waals surface area (Å²) in [5.74, 6) is 0. The standard InChI is InChI=1S/C45H29N3S/c1-3-10-30(11-4-1)31-17-19-34(20-18-31)47(36-22-24-39-40-26-32-12-9-25-46-41(32)29-45(40)49-44(39)28-36)35-21-23-38-37-15-7-8-16-42(37)48(43(38)27-35)33-13-5-2-6-14-33/h1-29H. The first-order valence-corrected chi connectivity index (χ1v) is 17.4. The molecular weight excluding hydrogens is 615 g/mol. The van der Waals surface area contributed by atoms with Crippen molar-refractivity contribution in [1.82, 2.24) is 9.55 Å². The Balaban J connectivity index is 1.19. The third-order valence-electron chi connectivity index (χ3n) is 9.60. The lowest BCUT2D eigenvalue weighted by molar-refractivity contribution is 1.18. The molecule has 230 valence electrons. The van der Waals surface area contributed by atoms with Gasteiger partial charge in [0, 0.05) is 65.3 Å². The van der Waals surface area contributed by atoms with Crippen LogP contribution in [0.15, 0.2) is 176 Å². The highest BCUT2D eigenvalue weighted by Crippen LogP contribution is 2.43. The summed E-state index contributed by atoms with van der Waals surface area (Å²) in [7, 11) is 0. The van der Waals surface area contributed by atoms with Gasteiger partial charge in [0.1, 0.15) is 0 Å². The van der Waals surface area contributed by atoms with Crippen LogP contribution in [0.4, 0.5) is 17.1 Å². The molecule has 0 aliphatic carbocycles. The molecule has 0 spiro atoms.